The first-order valence-corrected chi connectivity index (χ1v) is 8.26. The highest BCUT2D eigenvalue weighted by molar-refractivity contribution is 5.70. The van der Waals surface area contributed by atoms with Crippen LogP contribution in [0.1, 0.15) is 26.3 Å². The van der Waals surface area contributed by atoms with Crippen LogP contribution in [0.3, 0.4) is 0 Å². The Balaban J connectivity index is 1.87. The molecule has 1 aromatic carbocycles. The fraction of sp³-hybridized carbons (Fsp3) is 0.556. The Kier molecular flexibility index (Phi) is 6.25. The Bertz CT molecular complexity index is 585. The molecule has 0 spiro atoms. The number of ether oxygens (including phenoxy) is 3. The Morgan fingerprint density at radius 2 is 1.88 bits per heavy atom. The monoisotopic (exact) mass is 350 g/mol. The van der Waals surface area contributed by atoms with Gasteiger partial charge in [-0.2, -0.15) is 0 Å². The molecular formula is C18H26N2O5. The second-order valence-corrected chi connectivity index (χ2v) is 6.97. The molecule has 138 valence electrons. The smallest absolute Gasteiger partial charge is 0.410 e. The topological polar surface area (TPSA) is 77.1 Å². The molecule has 1 aromatic rings. The molecule has 0 aromatic heterocycles. The van der Waals surface area contributed by atoms with Crippen LogP contribution in [-0.2, 0) is 20.8 Å². The lowest BCUT2D eigenvalue weighted by atomic mass is 10.2. The fourth-order valence-electron chi connectivity index (χ4n) is 2.57. The van der Waals surface area contributed by atoms with Gasteiger partial charge in [-0.05, 0) is 26.3 Å². The number of benzene rings is 1. The summed E-state index contributed by atoms with van der Waals surface area (Å²) in [6.45, 7) is 6.25. The molecule has 25 heavy (non-hydrogen) atoms. The maximum absolute atomic E-state index is 12.2. The highest BCUT2D eigenvalue weighted by Crippen LogP contribution is 2.16. The predicted molar refractivity (Wildman–Crippen MR) is 92.2 cm³/mol. The molecule has 0 radical (unpaired) electrons. The Hall–Kier alpha value is -2.28. The van der Waals surface area contributed by atoms with E-state index < -0.39 is 17.8 Å². The molecule has 0 aliphatic carbocycles. The van der Waals surface area contributed by atoms with E-state index in [1.165, 1.54) is 4.90 Å². The number of likely N-dealkylation sites (tertiary alicyclic amines) is 1. The fourth-order valence-corrected chi connectivity index (χ4v) is 2.57. The van der Waals surface area contributed by atoms with Gasteiger partial charge >= 0.3 is 12.2 Å². The number of nitrogens with zero attached hydrogens (tertiary/aromatic N) is 1. The summed E-state index contributed by atoms with van der Waals surface area (Å²) in [5.74, 6) is 0. The molecule has 1 N–H and O–H groups in total. The van der Waals surface area contributed by atoms with Crippen molar-refractivity contribution in [3.63, 3.8) is 0 Å². The summed E-state index contributed by atoms with van der Waals surface area (Å²) >= 11 is 0. The molecule has 1 heterocycles. The van der Waals surface area contributed by atoms with Crippen LogP contribution in [0.15, 0.2) is 30.3 Å². The van der Waals surface area contributed by atoms with Gasteiger partial charge in [0.2, 0.25) is 0 Å². The van der Waals surface area contributed by atoms with E-state index in [4.69, 9.17) is 14.2 Å². The molecule has 0 bridgehead atoms. The average Bonchev–Trinajstić information content (AvgIpc) is 2.94. The van der Waals surface area contributed by atoms with Crippen molar-refractivity contribution < 1.29 is 23.8 Å². The zero-order valence-corrected chi connectivity index (χ0v) is 15.2. The van der Waals surface area contributed by atoms with Crippen molar-refractivity contribution in [1.29, 1.82) is 0 Å². The lowest BCUT2D eigenvalue weighted by Gasteiger charge is -2.23. The summed E-state index contributed by atoms with van der Waals surface area (Å²) in [7, 11) is 1.55. The van der Waals surface area contributed by atoms with Crippen molar-refractivity contribution in [3.8, 4) is 0 Å². The van der Waals surface area contributed by atoms with Gasteiger partial charge < -0.3 is 24.4 Å². The first-order chi connectivity index (χ1) is 11.8. The zero-order chi connectivity index (χ0) is 18.4. The second kappa shape index (κ2) is 8.20. The number of alkyl carbamates (subject to hydrolysis) is 1. The average molecular weight is 350 g/mol. The predicted octanol–water partition coefficient (Wildman–Crippen LogP) is 2.55. The quantitative estimate of drug-likeness (QED) is 0.903. The lowest BCUT2D eigenvalue weighted by molar-refractivity contribution is 0.0415. The Morgan fingerprint density at radius 3 is 2.48 bits per heavy atom. The van der Waals surface area contributed by atoms with Gasteiger partial charge in [0, 0.05) is 13.7 Å². The van der Waals surface area contributed by atoms with E-state index >= 15 is 0 Å². The first-order valence-electron chi connectivity index (χ1n) is 8.26. The summed E-state index contributed by atoms with van der Waals surface area (Å²) in [6, 6.07) is 9.12. The maximum atomic E-state index is 12.2. The van der Waals surface area contributed by atoms with Crippen LogP contribution >= 0.6 is 0 Å². The van der Waals surface area contributed by atoms with Gasteiger partial charge in [0.15, 0.2) is 0 Å². The molecule has 1 saturated heterocycles. The maximum Gasteiger partial charge on any atom is 0.410 e. The van der Waals surface area contributed by atoms with Gasteiger partial charge in [0.1, 0.15) is 12.2 Å². The summed E-state index contributed by atoms with van der Waals surface area (Å²) in [6.07, 6.45) is -1.27. The van der Waals surface area contributed by atoms with Gasteiger partial charge in [-0.1, -0.05) is 30.3 Å². The molecule has 2 unspecified atom stereocenters. The van der Waals surface area contributed by atoms with Gasteiger partial charge in [0.25, 0.3) is 0 Å². The van der Waals surface area contributed by atoms with Crippen molar-refractivity contribution in [2.45, 2.75) is 45.1 Å². The van der Waals surface area contributed by atoms with Gasteiger partial charge in [-0.15, -0.1) is 0 Å². The first kappa shape index (κ1) is 19.1. The van der Waals surface area contributed by atoms with Crippen LogP contribution in [0.4, 0.5) is 9.59 Å². The van der Waals surface area contributed by atoms with Crippen molar-refractivity contribution in [3.05, 3.63) is 35.9 Å². The number of methoxy groups -OCH3 is 1. The van der Waals surface area contributed by atoms with Crippen LogP contribution in [0.5, 0.6) is 0 Å². The second-order valence-electron chi connectivity index (χ2n) is 6.97. The summed E-state index contributed by atoms with van der Waals surface area (Å²) in [5, 5.41) is 2.76. The number of nitrogens with one attached hydrogen (secondary N) is 1. The number of rotatable bonds is 4. The number of carbonyl (C=O) groups is 2. The van der Waals surface area contributed by atoms with Gasteiger partial charge in [-0.25, -0.2) is 9.59 Å². The Labute approximate surface area is 148 Å². The standard InChI is InChI=1S/C18H26N2O5/c1-18(2,3)25-16(21)19-14-10-20(11-15(14)23-4)17(22)24-12-13-8-6-5-7-9-13/h5-9,14-15H,10-12H2,1-4H3,(H,19,21). The van der Waals surface area contributed by atoms with Crippen LogP contribution in [0, 0.1) is 0 Å². The molecule has 1 fully saturated rings. The number of hydrogen-bond donors (Lipinski definition) is 1. The van der Waals surface area contributed by atoms with Gasteiger partial charge in [-0.3, -0.25) is 0 Å². The van der Waals surface area contributed by atoms with E-state index in [1.54, 1.807) is 27.9 Å². The molecule has 2 rings (SSSR count). The van der Waals surface area contributed by atoms with E-state index in [2.05, 4.69) is 5.32 Å². The third-order valence-corrected chi connectivity index (χ3v) is 3.73. The molecule has 2 atom stereocenters. The number of amides is 2. The minimum Gasteiger partial charge on any atom is -0.445 e. The van der Waals surface area contributed by atoms with E-state index in [9.17, 15) is 9.59 Å². The summed E-state index contributed by atoms with van der Waals surface area (Å²) in [5.41, 5.74) is 0.335. The van der Waals surface area contributed by atoms with Gasteiger partial charge in [0.05, 0.1) is 18.7 Å². The van der Waals surface area contributed by atoms with Crippen LogP contribution in [0.2, 0.25) is 0 Å². The zero-order valence-electron chi connectivity index (χ0n) is 15.2. The largest absolute Gasteiger partial charge is 0.445 e. The van der Waals surface area contributed by atoms with Crippen molar-refractivity contribution in [2.24, 2.45) is 0 Å². The minimum atomic E-state index is -0.584. The molecule has 1 aliphatic heterocycles. The molecular weight excluding hydrogens is 324 g/mol. The third-order valence-electron chi connectivity index (χ3n) is 3.73. The van der Waals surface area contributed by atoms with E-state index in [1.807, 2.05) is 30.3 Å². The Morgan fingerprint density at radius 1 is 1.20 bits per heavy atom. The normalized spacial score (nSPS) is 20.2. The van der Waals surface area contributed by atoms with Crippen molar-refractivity contribution in [1.82, 2.24) is 10.2 Å². The molecule has 7 heteroatoms. The van der Waals surface area contributed by atoms with Crippen LogP contribution < -0.4 is 5.32 Å². The summed E-state index contributed by atoms with van der Waals surface area (Å²) in [4.78, 5) is 25.7. The van der Waals surface area contributed by atoms with E-state index in [0.29, 0.717) is 13.1 Å². The highest BCUT2D eigenvalue weighted by Gasteiger charge is 2.37. The van der Waals surface area contributed by atoms with E-state index in [0.717, 1.165) is 5.56 Å². The minimum absolute atomic E-state index is 0.206. The lowest BCUT2D eigenvalue weighted by Crippen LogP contribution is -2.45. The third kappa shape index (κ3) is 5.94. The molecule has 0 saturated carbocycles. The van der Waals surface area contributed by atoms with Crippen LogP contribution in [-0.4, -0.2) is 55.0 Å². The van der Waals surface area contributed by atoms with E-state index in [-0.39, 0.29) is 18.8 Å². The van der Waals surface area contributed by atoms with Crippen LogP contribution in [0.25, 0.3) is 0 Å². The SMILES string of the molecule is COC1CN(C(=O)OCc2ccccc2)CC1NC(=O)OC(C)(C)C. The molecule has 1 aliphatic rings. The summed E-state index contributed by atoms with van der Waals surface area (Å²) < 4.78 is 16.0. The molecule has 7 nitrogen and oxygen atoms in total. The number of hydrogen-bond acceptors (Lipinski definition) is 5. The highest BCUT2D eigenvalue weighted by atomic mass is 16.6. The number of carbonyl (C=O) groups excluding carboxylic acids is 2. The molecule has 2 amide bonds. The van der Waals surface area contributed by atoms with Crippen molar-refractivity contribution >= 4 is 12.2 Å². The van der Waals surface area contributed by atoms with Crippen molar-refractivity contribution in [2.75, 3.05) is 20.2 Å².